The normalized spacial score (nSPS) is 14.1. The number of carbonyl (C=O) groups is 1. The van der Waals surface area contributed by atoms with Gasteiger partial charge in [0.25, 0.3) is 0 Å². The molecule has 0 saturated heterocycles. The molecule has 0 radical (unpaired) electrons. The van der Waals surface area contributed by atoms with Gasteiger partial charge in [-0.2, -0.15) is 0 Å². The second kappa shape index (κ2) is 10.8. The van der Waals surface area contributed by atoms with Crippen molar-refractivity contribution in [1.29, 1.82) is 0 Å². The van der Waals surface area contributed by atoms with Crippen LogP contribution in [-0.2, 0) is 17.8 Å². The number of pyridine rings is 1. The van der Waals surface area contributed by atoms with Gasteiger partial charge in [-0.25, -0.2) is 9.37 Å². The summed E-state index contributed by atoms with van der Waals surface area (Å²) < 4.78 is 13.6. The van der Waals surface area contributed by atoms with Crippen molar-refractivity contribution in [3.05, 3.63) is 89.9 Å². The molecule has 1 heterocycles. The van der Waals surface area contributed by atoms with E-state index in [0.29, 0.717) is 24.7 Å². The van der Waals surface area contributed by atoms with Gasteiger partial charge in [-0.15, -0.1) is 0 Å². The van der Waals surface area contributed by atoms with Gasteiger partial charge in [0.1, 0.15) is 11.6 Å². The maximum absolute atomic E-state index is 13.9. The molecule has 0 N–H and O–H groups in total. The van der Waals surface area contributed by atoms with E-state index in [9.17, 15) is 9.18 Å². The first-order valence-electron chi connectivity index (χ1n) is 11.9. The van der Waals surface area contributed by atoms with E-state index in [1.807, 2.05) is 67.7 Å². The average molecular weight is 461 g/mol. The molecule has 1 saturated carbocycles. The Labute approximate surface area is 201 Å². The van der Waals surface area contributed by atoms with E-state index in [0.717, 1.165) is 23.5 Å². The van der Waals surface area contributed by atoms with Crippen molar-refractivity contribution >= 4 is 17.4 Å². The summed E-state index contributed by atoms with van der Waals surface area (Å²) in [6.45, 7) is 3.45. The van der Waals surface area contributed by atoms with Crippen LogP contribution in [0.2, 0.25) is 0 Å². The van der Waals surface area contributed by atoms with Crippen LogP contribution in [0.25, 0.3) is 0 Å². The standard InChI is InChI=1S/C28H33FN4O/c1-4-32(24-15-16-24)27-17-10-22(19-30-27)20-33(25-13-11-23(29)12-14-25)28(34)26(31(2)3)18-21-8-6-5-7-9-21/h5-14,17,19,24,26H,4,15-16,18,20H2,1-3H3. The number of amides is 1. The summed E-state index contributed by atoms with van der Waals surface area (Å²) >= 11 is 0. The highest BCUT2D eigenvalue weighted by molar-refractivity contribution is 5.97. The number of likely N-dealkylation sites (N-methyl/N-ethyl adjacent to an activating group) is 1. The smallest absolute Gasteiger partial charge is 0.244 e. The third-order valence-corrected chi connectivity index (χ3v) is 6.36. The Kier molecular flexibility index (Phi) is 7.58. The molecule has 1 aliphatic rings. The molecule has 5 nitrogen and oxygen atoms in total. The molecule has 1 atom stereocenters. The molecule has 3 aromatic rings. The topological polar surface area (TPSA) is 39.7 Å². The molecule has 0 bridgehead atoms. The predicted molar refractivity (Wildman–Crippen MR) is 135 cm³/mol. The van der Waals surface area contributed by atoms with Crippen molar-refractivity contribution in [2.45, 2.75) is 44.8 Å². The van der Waals surface area contributed by atoms with Gasteiger partial charge in [0.05, 0.1) is 12.6 Å². The fourth-order valence-corrected chi connectivity index (χ4v) is 4.28. The lowest BCUT2D eigenvalue weighted by atomic mass is 10.0. The third kappa shape index (κ3) is 5.81. The number of carbonyl (C=O) groups excluding carboxylic acids is 1. The van der Waals surface area contributed by atoms with E-state index in [4.69, 9.17) is 4.98 Å². The van der Waals surface area contributed by atoms with Crippen LogP contribution in [0, 0.1) is 5.82 Å². The fraction of sp³-hybridized carbons (Fsp3) is 0.357. The highest BCUT2D eigenvalue weighted by Gasteiger charge is 2.30. The summed E-state index contributed by atoms with van der Waals surface area (Å²) in [5.74, 6) is 0.622. The molecule has 1 amide bonds. The Morgan fingerprint density at radius 3 is 2.26 bits per heavy atom. The van der Waals surface area contributed by atoms with Crippen molar-refractivity contribution < 1.29 is 9.18 Å². The SMILES string of the molecule is CCN(c1ccc(CN(C(=O)C(Cc2ccccc2)N(C)C)c2ccc(F)cc2)cn1)C1CC1. The van der Waals surface area contributed by atoms with Crippen molar-refractivity contribution in [2.75, 3.05) is 30.4 Å². The molecule has 4 rings (SSSR count). The highest BCUT2D eigenvalue weighted by Crippen LogP contribution is 2.30. The molecule has 2 aromatic carbocycles. The molecular formula is C28H33FN4O. The van der Waals surface area contributed by atoms with E-state index in [1.165, 1.54) is 25.0 Å². The number of aromatic nitrogens is 1. The van der Waals surface area contributed by atoms with Crippen LogP contribution in [0.4, 0.5) is 15.9 Å². The van der Waals surface area contributed by atoms with Crippen molar-refractivity contribution in [1.82, 2.24) is 9.88 Å². The number of anilines is 2. The molecule has 178 valence electrons. The number of rotatable bonds is 10. The monoisotopic (exact) mass is 460 g/mol. The number of hydrogen-bond acceptors (Lipinski definition) is 4. The predicted octanol–water partition coefficient (Wildman–Crippen LogP) is 4.92. The zero-order valence-corrected chi connectivity index (χ0v) is 20.2. The van der Waals surface area contributed by atoms with Crippen LogP contribution in [-0.4, -0.2) is 48.5 Å². The Balaban J connectivity index is 1.59. The lowest BCUT2D eigenvalue weighted by Gasteiger charge is -2.31. The first-order chi connectivity index (χ1) is 16.5. The van der Waals surface area contributed by atoms with Crippen molar-refractivity contribution in [3.63, 3.8) is 0 Å². The first-order valence-corrected chi connectivity index (χ1v) is 11.9. The van der Waals surface area contributed by atoms with Gasteiger partial charge in [-0.3, -0.25) is 9.69 Å². The Morgan fingerprint density at radius 2 is 1.71 bits per heavy atom. The number of benzene rings is 2. The summed E-state index contributed by atoms with van der Waals surface area (Å²) in [7, 11) is 3.84. The maximum Gasteiger partial charge on any atom is 0.244 e. The van der Waals surface area contributed by atoms with Crippen LogP contribution in [0.5, 0.6) is 0 Å². The van der Waals surface area contributed by atoms with E-state index in [2.05, 4.69) is 11.8 Å². The minimum atomic E-state index is -0.356. The maximum atomic E-state index is 13.9. The number of nitrogens with zero attached hydrogens (tertiary/aromatic N) is 4. The molecule has 0 spiro atoms. The van der Waals surface area contributed by atoms with Gasteiger partial charge < -0.3 is 9.80 Å². The highest BCUT2D eigenvalue weighted by atomic mass is 19.1. The number of halogens is 1. The Bertz CT molecular complexity index is 1070. The van der Waals surface area contributed by atoms with Gasteiger partial charge in [0.15, 0.2) is 0 Å². The lowest BCUT2D eigenvalue weighted by Crippen LogP contribution is -2.47. The quantitative estimate of drug-likeness (QED) is 0.431. The minimum absolute atomic E-state index is 0.0299. The van der Waals surface area contributed by atoms with E-state index in [-0.39, 0.29) is 17.8 Å². The largest absolute Gasteiger partial charge is 0.354 e. The molecule has 0 aliphatic heterocycles. The van der Waals surface area contributed by atoms with Gasteiger partial charge in [0, 0.05) is 24.5 Å². The Hall–Kier alpha value is -3.25. The van der Waals surface area contributed by atoms with Crippen LogP contribution in [0.3, 0.4) is 0 Å². The summed E-state index contributed by atoms with van der Waals surface area (Å²) in [5, 5.41) is 0. The summed E-state index contributed by atoms with van der Waals surface area (Å²) in [6, 6.07) is 20.5. The second-order valence-electron chi connectivity index (χ2n) is 9.11. The third-order valence-electron chi connectivity index (χ3n) is 6.36. The molecule has 34 heavy (non-hydrogen) atoms. The van der Waals surface area contributed by atoms with Crippen LogP contribution in [0.15, 0.2) is 72.9 Å². The van der Waals surface area contributed by atoms with Crippen molar-refractivity contribution in [3.8, 4) is 0 Å². The lowest BCUT2D eigenvalue weighted by molar-refractivity contribution is -0.123. The average Bonchev–Trinajstić information content (AvgIpc) is 3.68. The van der Waals surface area contributed by atoms with Gasteiger partial charge in [0.2, 0.25) is 5.91 Å². The zero-order valence-electron chi connectivity index (χ0n) is 20.2. The fourth-order valence-electron chi connectivity index (χ4n) is 4.28. The van der Waals surface area contributed by atoms with E-state index >= 15 is 0 Å². The molecule has 1 unspecified atom stereocenters. The molecule has 6 heteroatoms. The zero-order chi connectivity index (χ0) is 24.1. The van der Waals surface area contributed by atoms with E-state index < -0.39 is 0 Å². The number of hydrogen-bond donors (Lipinski definition) is 0. The van der Waals surface area contributed by atoms with Crippen LogP contribution in [0.1, 0.15) is 30.9 Å². The second-order valence-corrected chi connectivity index (χ2v) is 9.11. The van der Waals surface area contributed by atoms with Crippen LogP contribution >= 0.6 is 0 Å². The summed E-state index contributed by atoms with van der Waals surface area (Å²) in [6.07, 6.45) is 4.88. The van der Waals surface area contributed by atoms with Gasteiger partial charge >= 0.3 is 0 Å². The Morgan fingerprint density at radius 1 is 1.00 bits per heavy atom. The first kappa shape index (κ1) is 23.9. The molecule has 1 aromatic heterocycles. The van der Waals surface area contributed by atoms with Crippen molar-refractivity contribution in [2.24, 2.45) is 0 Å². The van der Waals surface area contributed by atoms with Gasteiger partial charge in [-0.1, -0.05) is 36.4 Å². The van der Waals surface area contributed by atoms with E-state index in [1.54, 1.807) is 17.0 Å². The molecule has 1 fully saturated rings. The summed E-state index contributed by atoms with van der Waals surface area (Å²) in [4.78, 5) is 24.6. The van der Waals surface area contributed by atoms with Gasteiger partial charge in [-0.05, 0) is 81.7 Å². The summed E-state index contributed by atoms with van der Waals surface area (Å²) in [5.41, 5.74) is 2.70. The van der Waals surface area contributed by atoms with Crippen LogP contribution < -0.4 is 9.80 Å². The molecular weight excluding hydrogens is 427 g/mol. The minimum Gasteiger partial charge on any atom is -0.354 e. The molecule has 1 aliphatic carbocycles.